The number of carbonyl (C=O) groups is 2. The van der Waals surface area contributed by atoms with Crippen LogP contribution < -0.4 is 10.9 Å². The first-order valence-corrected chi connectivity index (χ1v) is 7.78. The summed E-state index contributed by atoms with van der Waals surface area (Å²) >= 11 is 0. The van der Waals surface area contributed by atoms with E-state index in [9.17, 15) is 14.4 Å². The summed E-state index contributed by atoms with van der Waals surface area (Å²) in [5, 5.41) is 2.81. The van der Waals surface area contributed by atoms with E-state index in [0.717, 1.165) is 19.3 Å². The van der Waals surface area contributed by atoms with Crippen LogP contribution in [-0.4, -0.2) is 35.4 Å². The first-order chi connectivity index (χ1) is 10.6. The molecule has 1 amide bonds. The highest BCUT2D eigenvalue weighted by Gasteiger charge is 2.26. The Morgan fingerprint density at radius 3 is 2.91 bits per heavy atom. The lowest BCUT2D eigenvalue weighted by Crippen LogP contribution is -2.42. The third kappa shape index (κ3) is 2.83. The van der Waals surface area contributed by atoms with Crippen molar-refractivity contribution in [3.63, 3.8) is 0 Å². The molecule has 0 saturated carbocycles. The number of ketones is 1. The SMILES string of the molecule is C[C@@H](NC(=O)c1cc2c([nH]c1=O)CCCC2=O)[C@H]1CCCO1. The molecule has 118 valence electrons. The minimum absolute atomic E-state index is 0.00107. The highest BCUT2D eigenvalue weighted by Crippen LogP contribution is 2.19. The minimum Gasteiger partial charge on any atom is -0.376 e. The van der Waals surface area contributed by atoms with Crippen molar-refractivity contribution in [1.82, 2.24) is 10.3 Å². The Labute approximate surface area is 128 Å². The molecular weight excluding hydrogens is 284 g/mol. The van der Waals surface area contributed by atoms with Crippen LogP contribution in [0.25, 0.3) is 0 Å². The molecule has 0 bridgehead atoms. The Balaban J connectivity index is 1.81. The van der Waals surface area contributed by atoms with E-state index in [1.165, 1.54) is 6.07 Å². The van der Waals surface area contributed by atoms with Crippen LogP contribution in [0.5, 0.6) is 0 Å². The van der Waals surface area contributed by atoms with Crippen molar-refractivity contribution in [2.24, 2.45) is 0 Å². The minimum atomic E-state index is -0.453. The van der Waals surface area contributed by atoms with Gasteiger partial charge in [0.15, 0.2) is 5.78 Å². The van der Waals surface area contributed by atoms with Crippen molar-refractivity contribution < 1.29 is 14.3 Å². The number of hydrogen-bond donors (Lipinski definition) is 2. The van der Waals surface area contributed by atoms with E-state index in [4.69, 9.17) is 4.74 Å². The molecule has 1 fully saturated rings. The normalized spacial score (nSPS) is 22.2. The molecule has 1 aromatic rings. The van der Waals surface area contributed by atoms with Gasteiger partial charge in [-0.25, -0.2) is 0 Å². The molecule has 2 N–H and O–H groups in total. The second kappa shape index (κ2) is 6.04. The average molecular weight is 304 g/mol. The Bertz CT molecular complexity index is 659. The number of amides is 1. The molecule has 2 atom stereocenters. The van der Waals surface area contributed by atoms with Crippen molar-refractivity contribution in [3.05, 3.63) is 33.2 Å². The van der Waals surface area contributed by atoms with Gasteiger partial charge in [0.1, 0.15) is 5.56 Å². The quantitative estimate of drug-likeness (QED) is 0.878. The molecule has 6 nitrogen and oxygen atoms in total. The molecule has 2 aliphatic rings. The number of Topliss-reactive ketones (excluding diaryl/α,β-unsaturated/α-hetero) is 1. The maximum Gasteiger partial charge on any atom is 0.261 e. The largest absolute Gasteiger partial charge is 0.376 e. The van der Waals surface area contributed by atoms with Crippen LogP contribution in [0, 0.1) is 0 Å². The van der Waals surface area contributed by atoms with E-state index in [-0.39, 0.29) is 23.5 Å². The lowest BCUT2D eigenvalue weighted by atomic mass is 9.93. The van der Waals surface area contributed by atoms with Gasteiger partial charge in [0.05, 0.1) is 12.1 Å². The van der Waals surface area contributed by atoms with E-state index >= 15 is 0 Å². The average Bonchev–Trinajstić information content (AvgIpc) is 3.01. The number of H-pyrrole nitrogens is 1. The molecular formula is C16H20N2O4. The summed E-state index contributed by atoms with van der Waals surface area (Å²) in [6.45, 7) is 2.57. The number of aryl methyl sites for hydroxylation is 1. The first-order valence-electron chi connectivity index (χ1n) is 7.78. The fraction of sp³-hybridized carbons (Fsp3) is 0.562. The molecule has 1 saturated heterocycles. The zero-order valence-corrected chi connectivity index (χ0v) is 12.6. The number of rotatable bonds is 3. The third-order valence-electron chi connectivity index (χ3n) is 4.38. The molecule has 0 radical (unpaired) electrons. The zero-order chi connectivity index (χ0) is 15.7. The molecule has 1 aliphatic heterocycles. The predicted octanol–water partition coefficient (Wildman–Crippen LogP) is 1.19. The van der Waals surface area contributed by atoms with Gasteiger partial charge in [0.25, 0.3) is 11.5 Å². The monoisotopic (exact) mass is 304 g/mol. The Hall–Kier alpha value is -1.95. The van der Waals surface area contributed by atoms with Gasteiger partial charge in [-0.05, 0) is 38.7 Å². The van der Waals surface area contributed by atoms with Gasteiger partial charge in [0.2, 0.25) is 0 Å². The van der Waals surface area contributed by atoms with Gasteiger partial charge in [0, 0.05) is 24.3 Å². The second-order valence-corrected chi connectivity index (χ2v) is 5.99. The zero-order valence-electron chi connectivity index (χ0n) is 12.6. The van der Waals surface area contributed by atoms with Gasteiger partial charge in [-0.1, -0.05) is 0 Å². The lowest BCUT2D eigenvalue weighted by molar-refractivity contribution is 0.0711. The summed E-state index contributed by atoms with van der Waals surface area (Å²) in [6.07, 6.45) is 3.75. The van der Waals surface area contributed by atoms with E-state index in [0.29, 0.717) is 30.7 Å². The number of aromatic nitrogens is 1. The maximum absolute atomic E-state index is 12.3. The van der Waals surface area contributed by atoms with Crippen molar-refractivity contribution in [2.45, 2.75) is 51.2 Å². The molecule has 1 aromatic heterocycles. The van der Waals surface area contributed by atoms with Crippen molar-refractivity contribution in [3.8, 4) is 0 Å². The number of pyridine rings is 1. The number of carbonyl (C=O) groups excluding carboxylic acids is 2. The standard InChI is InChI=1S/C16H20N2O4/c1-9(14-6-3-7-22-14)17-15(20)11-8-10-12(18-16(11)21)4-2-5-13(10)19/h8-9,14H,2-7H2,1H3,(H,17,20)(H,18,21)/t9-,14-/m1/s1. The third-order valence-corrected chi connectivity index (χ3v) is 4.38. The number of hydrogen-bond acceptors (Lipinski definition) is 4. The number of ether oxygens (including phenoxy) is 1. The Kier molecular flexibility index (Phi) is 4.11. The molecule has 22 heavy (non-hydrogen) atoms. The maximum atomic E-state index is 12.3. The van der Waals surface area contributed by atoms with Gasteiger partial charge >= 0.3 is 0 Å². The summed E-state index contributed by atoms with van der Waals surface area (Å²) in [6, 6.07) is 1.27. The van der Waals surface area contributed by atoms with E-state index < -0.39 is 11.5 Å². The van der Waals surface area contributed by atoms with E-state index in [2.05, 4.69) is 10.3 Å². The summed E-state index contributed by atoms with van der Waals surface area (Å²) in [7, 11) is 0. The molecule has 0 spiro atoms. The summed E-state index contributed by atoms with van der Waals surface area (Å²) in [5.74, 6) is -0.468. The Morgan fingerprint density at radius 1 is 1.36 bits per heavy atom. The molecule has 6 heteroatoms. The molecule has 0 aromatic carbocycles. The smallest absolute Gasteiger partial charge is 0.261 e. The van der Waals surface area contributed by atoms with Crippen LogP contribution in [0.3, 0.4) is 0 Å². The summed E-state index contributed by atoms with van der Waals surface area (Å²) < 4.78 is 5.53. The van der Waals surface area contributed by atoms with Crippen LogP contribution in [0.4, 0.5) is 0 Å². The molecule has 1 aliphatic carbocycles. The summed E-state index contributed by atoms with van der Waals surface area (Å²) in [4.78, 5) is 39.0. The topological polar surface area (TPSA) is 88.3 Å². The molecule has 2 heterocycles. The number of fused-ring (bicyclic) bond motifs is 1. The highest BCUT2D eigenvalue weighted by molar-refractivity contribution is 6.01. The highest BCUT2D eigenvalue weighted by atomic mass is 16.5. The lowest BCUT2D eigenvalue weighted by Gasteiger charge is -2.20. The summed E-state index contributed by atoms with van der Waals surface area (Å²) in [5.41, 5.74) is 0.676. The van der Waals surface area contributed by atoms with Crippen molar-refractivity contribution in [2.75, 3.05) is 6.61 Å². The van der Waals surface area contributed by atoms with Crippen LogP contribution >= 0.6 is 0 Å². The van der Waals surface area contributed by atoms with E-state index in [1.807, 2.05) is 6.92 Å². The first kappa shape index (κ1) is 15.0. The van der Waals surface area contributed by atoms with Gasteiger partial charge < -0.3 is 15.0 Å². The van der Waals surface area contributed by atoms with Crippen LogP contribution in [0.15, 0.2) is 10.9 Å². The van der Waals surface area contributed by atoms with Crippen LogP contribution in [0.2, 0.25) is 0 Å². The van der Waals surface area contributed by atoms with Crippen molar-refractivity contribution >= 4 is 11.7 Å². The van der Waals surface area contributed by atoms with Crippen molar-refractivity contribution in [1.29, 1.82) is 0 Å². The molecule has 0 unspecified atom stereocenters. The van der Waals surface area contributed by atoms with E-state index in [1.54, 1.807) is 0 Å². The fourth-order valence-electron chi connectivity index (χ4n) is 3.12. The van der Waals surface area contributed by atoms with Gasteiger partial charge in [-0.15, -0.1) is 0 Å². The Morgan fingerprint density at radius 2 is 2.18 bits per heavy atom. The van der Waals surface area contributed by atoms with Gasteiger partial charge in [-0.3, -0.25) is 14.4 Å². The van der Waals surface area contributed by atoms with Crippen LogP contribution in [0.1, 0.15) is 59.0 Å². The van der Waals surface area contributed by atoms with Crippen LogP contribution in [-0.2, 0) is 11.2 Å². The fourth-order valence-corrected chi connectivity index (χ4v) is 3.12. The predicted molar refractivity (Wildman–Crippen MR) is 80.2 cm³/mol. The van der Waals surface area contributed by atoms with Gasteiger partial charge in [-0.2, -0.15) is 0 Å². The molecule has 3 rings (SSSR count). The number of nitrogens with one attached hydrogen (secondary N) is 2. The second-order valence-electron chi connectivity index (χ2n) is 5.99. The number of aromatic amines is 1.